The van der Waals surface area contributed by atoms with Gasteiger partial charge in [-0.25, -0.2) is 0 Å². The fourth-order valence-corrected chi connectivity index (χ4v) is 2.53. The first kappa shape index (κ1) is 16.5. The molecule has 0 fully saturated rings. The molecule has 3 aromatic heterocycles. The van der Waals surface area contributed by atoms with Crippen molar-refractivity contribution in [2.45, 2.75) is 0 Å². The van der Waals surface area contributed by atoms with E-state index in [1.807, 2.05) is 0 Å². The van der Waals surface area contributed by atoms with Crippen LogP contribution in [0.25, 0.3) is 28.7 Å². The van der Waals surface area contributed by atoms with Crippen molar-refractivity contribution in [3.63, 3.8) is 0 Å². The molecule has 3 heterocycles. The van der Waals surface area contributed by atoms with Crippen LogP contribution in [0.4, 0.5) is 5.82 Å². The molecular weight excluding hydrogens is 350 g/mol. The number of hydrogen-bond donors (Lipinski definition) is 1. The third kappa shape index (κ3) is 2.92. The highest BCUT2D eigenvalue weighted by molar-refractivity contribution is 5.66. The zero-order valence-corrected chi connectivity index (χ0v) is 14.5. The maximum absolute atomic E-state index is 6.21. The minimum Gasteiger partial charge on any atom is -0.493 e. The summed E-state index contributed by atoms with van der Waals surface area (Å²) in [4.78, 5) is 8.30. The van der Waals surface area contributed by atoms with Crippen LogP contribution in [0.5, 0.6) is 11.5 Å². The van der Waals surface area contributed by atoms with Gasteiger partial charge in [-0.1, -0.05) is 10.4 Å². The summed E-state index contributed by atoms with van der Waals surface area (Å²) >= 11 is 0. The van der Waals surface area contributed by atoms with Gasteiger partial charge in [-0.3, -0.25) is 4.98 Å². The molecule has 0 unspecified atom stereocenters. The number of rotatable bonds is 5. The van der Waals surface area contributed by atoms with E-state index in [1.54, 1.807) is 56.9 Å². The van der Waals surface area contributed by atoms with Crippen molar-refractivity contribution in [3.8, 4) is 40.2 Å². The van der Waals surface area contributed by atoms with E-state index < -0.39 is 0 Å². The number of hydrogen-bond acceptors (Lipinski definition) is 9. The SMILES string of the molecule is COc1ccc(-n2nnc(-c3nc(-c4ccncc4)no3)c2N)cc1OC. The highest BCUT2D eigenvalue weighted by Gasteiger charge is 2.20. The summed E-state index contributed by atoms with van der Waals surface area (Å²) in [5.41, 5.74) is 7.91. The number of aromatic nitrogens is 6. The molecule has 0 aliphatic heterocycles. The van der Waals surface area contributed by atoms with E-state index in [0.717, 1.165) is 5.56 Å². The van der Waals surface area contributed by atoms with Gasteiger partial charge in [-0.15, -0.1) is 5.10 Å². The lowest BCUT2D eigenvalue weighted by molar-refractivity contribution is 0.354. The summed E-state index contributed by atoms with van der Waals surface area (Å²) in [5.74, 6) is 1.98. The molecule has 2 N–H and O–H groups in total. The highest BCUT2D eigenvalue weighted by Crippen LogP contribution is 2.31. The summed E-state index contributed by atoms with van der Waals surface area (Å²) in [6, 6.07) is 8.83. The Balaban J connectivity index is 1.70. The van der Waals surface area contributed by atoms with Crippen LogP contribution in [-0.2, 0) is 0 Å². The van der Waals surface area contributed by atoms with Gasteiger partial charge in [0.05, 0.1) is 19.9 Å². The maximum Gasteiger partial charge on any atom is 0.282 e. The third-order valence-electron chi connectivity index (χ3n) is 3.88. The molecule has 0 saturated heterocycles. The molecular formula is C17H15N7O3. The van der Waals surface area contributed by atoms with Crippen molar-refractivity contribution in [2.75, 3.05) is 20.0 Å². The molecule has 136 valence electrons. The lowest BCUT2D eigenvalue weighted by Crippen LogP contribution is -2.03. The quantitative estimate of drug-likeness (QED) is 0.564. The van der Waals surface area contributed by atoms with E-state index in [4.69, 9.17) is 19.7 Å². The van der Waals surface area contributed by atoms with E-state index in [9.17, 15) is 0 Å². The lowest BCUT2D eigenvalue weighted by Gasteiger charge is -2.09. The second kappa shape index (κ2) is 6.75. The molecule has 4 aromatic rings. The number of nitrogens with two attached hydrogens (primary N) is 1. The molecule has 10 heteroatoms. The average molecular weight is 365 g/mol. The van der Waals surface area contributed by atoms with Crippen LogP contribution in [0.2, 0.25) is 0 Å². The topological polar surface area (TPSA) is 127 Å². The van der Waals surface area contributed by atoms with Gasteiger partial charge in [0.25, 0.3) is 5.89 Å². The fourth-order valence-electron chi connectivity index (χ4n) is 2.53. The summed E-state index contributed by atoms with van der Waals surface area (Å²) < 4.78 is 17.3. The van der Waals surface area contributed by atoms with Crippen LogP contribution in [-0.4, -0.2) is 44.3 Å². The molecule has 4 rings (SSSR count). The van der Waals surface area contributed by atoms with E-state index in [-0.39, 0.29) is 17.4 Å². The van der Waals surface area contributed by atoms with Gasteiger partial charge >= 0.3 is 0 Å². The minimum atomic E-state index is 0.172. The molecule has 0 saturated carbocycles. The first-order valence-corrected chi connectivity index (χ1v) is 7.89. The van der Waals surface area contributed by atoms with Crippen molar-refractivity contribution in [2.24, 2.45) is 0 Å². The monoisotopic (exact) mass is 365 g/mol. The molecule has 27 heavy (non-hydrogen) atoms. The zero-order valence-electron chi connectivity index (χ0n) is 14.5. The Morgan fingerprint density at radius 2 is 1.81 bits per heavy atom. The normalized spacial score (nSPS) is 10.7. The lowest BCUT2D eigenvalue weighted by atomic mass is 10.2. The highest BCUT2D eigenvalue weighted by atomic mass is 16.5. The third-order valence-corrected chi connectivity index (χ3v) is 3.88. The van der Waals surface area contributed by atoms with Gasteiger partial charge in [0.1, 0.15) is 0 Å². The summed E-state index contributed by atoms with van der Waals surface area (Å²) in [6.45, 7) is 0. The predicted molar refractivity (Wildman–Crippen MR) is 95.4 cm³/mol. The Hall–Kier alpha value is -3.95. The van der Waals surface area contributed by atoms with Crippen LogP contribution in [0.3, 0.4) is 0 Å². The Kier molecular flexibility index (Phi) is 4.13. The Labute approximate surface area is 153 Å². The first-order valence-electron chi connectivity index (χ1n) is 7.89. The van der Waals surface area contributed by atoms with Gasteiger partial charge in [-0.05, 0) is 24.3 Å². The number of methoxy groups -OCH3 is 2. The van der Waals surface area contributed by atoms with Crippen molar-refractivity contribution in [3.05, 3.63) is 42.7 Å². The Bertz CT molecular complexity index is 1080. The second-order valence-electron chi connectivity index (χ2n) is 5.43. The van der Waals surface area contributed by atoms with Crippen molar-refractivity contribution >= 4 is 5.82 Å². The minimum absolute atomic E-state index is 0.172. The molecule has 1 aromatic carbocycles. The Morgan fingerprint density at radius 3 is 2.56 bits per heavy atom. The van der Waals surface area contributed by atoms with E-state index in [1.165, 1.54) is 4.68 Å². The molecule has 0 atom stereocenters. The van der Waals surface area contributed by atoms with E-state index in [2.05, 4.69) is 25.4 Å². The van der Waals surface area contributed by atoms with Crippen LogP contribution in [0, 0.1) is 0 Å². The molecule has 0 bridgehead atoms. The standard InChI is InChI=1S/C17H15N7O3/c1-25-12-4-3-11(9-13(12)26-2)24-15(18)14(21-23-24)17-20-16(22-27-17)10-5-7-19-8-6-10/h3-9H,18H2,1-2H3. The van der Waals surface area contributed by atoms with Gasteiger partial charge in [0, 0.05) is 24.0 Å². The molecule has 0 radical (unpaired) electrons. The number of nitrogen functional groups attached to an aromatic ring is 1. The van der Waals surface area contributed by atoms with Gasteiger partial charge in [-0.2, -0.15) is 9.67 Å². The summed E-state index contributed by atoms with van der Waals surface area (Å²) in [7, 11) is 3.12. The largest absolute Gasteiger partial charge is 0.493 e. The number of nitrogens with zero attached hydrogens (tertiary/aromatic N) is 6. The van der Waals surface area contributed by atoms with Gasteiger partial charge in [0.2, 0.25) is 5.82 Å². The number of ether oxygens (including phenoxy) is 2. The van der Waals surface area contributed by atoms with Gasteiger partial charge in [0.15, 0.2) is 23.0 Å². The maximum atomic E-state index is 6.21. The zero-order chi connectivity index (χ0) is 18.8. The fraction of sp³-hybridized carbons (Fsp3) is 0.118. The number of benzene rings is 1. The summed E-state index contributed by atoms with van der Waals surface area (Å²) in [5, 5.41) is 12.1. The van der Waals surface area contributed by atoms with Crippen LogP contribution in [0.15, 0.2) is 47.2 Å². The van der Waals surface area contributed by atoms with Crippen LogP contribution >= 0.6 is 0 Å². The Morgan fingerprint density at radius 1 is 1.04 bits per heavy atom. The van der Waals surface area contributed by atoms with E-state index >= 15 is 0 Å². The van der Waals surface area contributed by atoms with Crippen LogP contribution in [0.1, 0.15) is 0 Å². The molecule has 10 nitrogen and oxygen atoms in total. The number of anilines is 1. The molecule has 0 amide bonds. The summed E-state index contributed by atoms with van der Waals surface area (Å²) in [6.07, 6.45) is 3.29. The van der Waals surface area contributed by atoms with Crippen LogP contribution < -0.4 is 15.2 Å². The second-order valence-corrected chi connectivity index (χ2v) is 5.43. The number of pyridine rings is 1. The molecule has 0 aliphatic carbocycles. The van der Waals surface area contributed by atoms with Crippen molar-refractivity contribution in [1.82, 2.24) is 30.1 Å². The van der Waals surface area contributed by atoms with E-state index in [0.29, 0.717) is 23.0 Å². The molecule has 0 aliphatic rings. The van der Waals surface area contributed by atoms with Gasteiger partial charge < -0.3 is 19.7 Å². The predicted octanol–water partition coefficient (Wildman–Crippen LogP) is 1.98. The molecule has 0 spiro atoms. The van der Waals surface area contributed by atoms with Crippen molar-refractivity contribution in [1.29, 1.82) is 0 Å². The van der Waals surface area contributed by atoms with Crippen molar-refractivity contribution < 1.29 is 14.0 Å². The smallest absolute Gasteiger partial charge is 0.282 e. The first-order chi connectivity index (χ1) is 13.2. The average Bonchev–Trinajstić information content (AvgIpc) is 3.35.